The minimum atomic E-state index is -0.482. The number of hydrogen-bond donors (Lipinski definition) is 1. The third kappa shape index (κ3) is 6.19. The molecule has 9 nitrogen and oxygen atoms in total. The Kier molecular flexibility index (Phi) is 7.26. The van der Waals surface area contributed by atoms with Gasteiger partial charge in [-0.05, 0) is 43.5 Å². The first-order valence-corrected chi connectivity index (χ1v) is 10.3. The van der Waals surface area contributed by atoms with Gasteiger partial charge in [-0.1, -0.05) is 0 Å². The highest BCUT2D eigenvalue weighted by atomic mass is 32.1. The molecule has 0 radical (unpaired) electrons. The summed E-state index contributed by atoms with van der Waals surface area (Å²) in [5.41, 5.74) is 1.44. The van der Waals surface area contributed by atoms with Gasteiger partial charge in [-0.3, -0.25) is 19.7 Å². The van der Waals surface area contributed by atoms with Gasteiger partial charge in [0.25, 0.3) is 5.69 Å². The van der Waals surface area contributed by atoms with Crippen LogP contribution in [0.5, 0.6) is 0 Å². The van der Waals surface area contributed by atoms with Gasteiger partial charge in [0.15, 0.2) is 5.13 Å². The van der Waals surface area contributed by atoms with Crippen molar-refractivity contribution < 1.29 is 19.2 Å². The summed E-state index contributed by atoms with van der Waals surface area (Å²) in [5, 5.41) is 15.8. The number of benzene rings is 1. The lowest BCUT2D eigenvalue weighted by Crippen LogP contribution is -2.41. The van der Waals surface area contributed by atoms with E-state index in [0.717, 1.165) is 18.5 Å². The summed E-state index contributed by atoms with van der Waals surface area (Å²) in [6.07, 6.45) is 4.59. The van der Waals surface area contributed by atoms with Crippen LogP contribution in [0.4, 0.5) is 10.8 Å². The standard InChI is InChI=1S/C20H22N4O5S/c1-14-13-30-20(21-14)22-18(25)12-23(11-17-3-2-10-29-17)19(26)9-6-15-4-7-16(8-5-15)24(27)28/h4-9,13,17H,2-3,10-12H2,1H3,(H,21,22,25)/b9-6+. The average molecular weight is 430 g/mol. The number of nitro benzene ring substituents is 1. The molecule has 30 heavy (non-hydrogen) atoms. The molecule has 1 saturated heterocycles. The molecule has 10 heteroatoms. The summed E-state index contributed by atoms with van der Waals surface area (Å²) >= 11 is 1.32. The van der Waals surface area contributed by atoms with E-state index in [1.165, 1.54) is 34.4 Å². The van der Waals surface area contributed by atoms with Gasteiger partial charge in [-0.2, -0.15) is 0 Å². The van der Waals surface area contributed by atoms with E-state index in [9.17, 15) is 19.7 Å². The van der Waals surface area contributed by atoms with Gasteiger partial charge in [0.05, 0.1) is 16.7 Å². The molecule has 2 heterocycles. The SMILES string of the molecule is Cc1csc(NC(=O)CN(CC2CCCO2)C(=O)/C=C/c2ccc([N+](=O)[O-])cc2)n1. The zero-order valence-corrected chi connectivity index (χ0v) is 17.3. The number of anilines is 1. The highest BCUT2D eigenvalue weighted by Gasteiger charge is 2.23. The summed E-state index contributed by atoms with van der Waals surface area (Å²) < 4.78 is 5.61. The van der Waals surface area contributed by atoms with Crippen molar-refractivity contribution in [1.29, 1.82) is 0 Å². The molecule has 0 aliphatic carbocycles. The minimum Gasteiger partial charge on any atom is -0.376 e. The van der Waals surface area contributed by atoms with Crippen molar-refractivity contribution in [3.05, 3.63) is 57.1 Å². The van der Waals surface area contributed by atoms with Crippen LogP contribution < -0.4 is 5.32 Å². The number of aryl methyl sites for hydroxylation is 1. The zero-order valence-electron chi connectivity index (χ0n) is 16.4. The number of nitro groups is 1. The van der Waals surface area contributed by atoms with E-state index in [-0.39, 0.29) is 30.2 Å². The van der Waals surface area contributed by atoms with Gasteiger partial charge < -0.3 is 15.0 Å². The Morgan fingerprint density at radius 3 is 2.77 bits per heavy atom. The van der Waals surface area contributed by atoms with Crippen LogP contribution in [0.15, 0.2) is 35.7 Å². The fraction of sp³-hybridized carbons (Fsp3) is 0.350. The number of amides is 2. The molecule has 2 amide bonds. The number of hydrogen-bond acceptors (Lipinski definition) is 7. The summed E-state index contributed by atoms with van der Waals surface area (Å²) in [6, 6.07) is 5.86. The molecule has 1 N–H and O–H groups in total. The van der Waals surface area contributed by atoms with E-state index in [0.29, 0.717) is 23.8 Å². The highest BCUT2D eigenvalue weighted by molar-refractivity contribution is 7.13. The van der Waals surface area contributed by atoms with Crippen molar-refractivity contribution >= 4 is 40.0 Å². The molecule has 1 unspecified atom stereocenters. The quantitative estimate of drug-likeness (QED) is 0.391. The molecular weight excluding hydrogens is 408 g/mol. The monoisotopic (exact) mass is 430 g/mol. The molecule has 1 fully saturated rings. The molecule has 0 saturated carbocycles. The summed E-state index contributed by atoms with van der Waals surface area (Å²) in [6.45, 7) is 2.67. The van der Waals surface area contributed by atoms with Crippen molar-refractivity contribution in [3.8, 4) is 0 Å². The first-order valence-electron chi connectivity index (χ1n) is 9.46. The second-order valence-corrected chi connectivity index (χ2v) is 7.74. The van der Waals surface area contributed by atoms with E-state index in [2.05, 4.69) is 10.3 Å². The molecule has 1 aliphatic heterocycles. The molecule has 0 spiro atoms. The van der Waals surface area contributed by atoms with Crippen molar-refractivity contribution in [2.45, 2.75) is 25.9 Å². The number of carbonyl (C=O) groups excluding carboxylic acids is 2. The number of nitrogens with one attached hydrogen (secondary N) is 1. The van der Waals surface area contributed by atoms with Crippen LogP contribution in [-0.4, -0.2) is 52.4 Å². The molecule has 1 aromatic carbocycles. The van der Waals surface area contributed by atoms with E-state index in [4.69, 9.17) is 4.74 Å². The normalized spacial score (nSPS) is 16.0. The van der Waals surface area contributed by atoms with Gasteiger partial charge in [0.1, 0.15) is 6.54 Å². The molecule has 1 atom stereocenters. The predicted octanol–water partition coefficient (Wildman–Crippen LogP) is 3.02. The van der Waals surface area contributed by atoms with Crippen LogP contribution in [0.25, 0.3) is 6.08 Å². The minimum absolute atomic E-state index is 0.0208. The first-order chi connectivity index (χ1) is 14.4. The van der Waals surface area contributed by atoms with E-state index >= 15 is 0 Å². The Bertz CT molecular complexity index is 935. The largest absolute Gasteiger partial charge is 0.376 e. The summed E-state index contributed by atoms with van der Waals surface area (Å²) in [5.74, 6) is -0.672. The van der Waals surface area contributed by atoms with Gasteiger partial charge in [0, 0.05) is 36.7 Å². The molecule has 2 aromatic rings. The van der Waals surface area contributed by atoms with Crippen LogP contribution in [0.1, 0.15) is 24.1 Å². The number of ether oxygens (including phenoxy) is 1. The van der Waals surface area contributed by atoms with Crippen molar-refractivity contribution in [1.82, 2.24) is 9.88 Å². The average Bonchev–Trinajstić information content (AvgIpc) is 3.37. The fourth-order valence-corrected chi connectivity index (χ4v) is 3.69. The first kappa shape index (κ1) is 21.6. The number of carbonyl (C=O) groups is 2. The van der Waals surface area contributed by atoms with Gasteiger partial charge in [-0.25, -0.2) is 4.98 Å². The Morgan fingerprint density at radius 1 is 1.40 bits per heavy atom. The Labute approximate surface area is 177 Å². The van der Waals surface area contributed by atoms with Crippen molar-refractivity contribution in [2.75, 3.05) is 25.0 Å². The maximum Gasteiger partial charge on any atom is 0.269 e. The topological polar surface area (TPSA) is 115 Å². The van der Waals surface area contributed by atoms with Crippen LogP contribution in [0, 0.1) is 17.0 Å². The van der Waals surface area contributed by atoms with Crippen molar-refractivity contribution in [2.24, 2.45) is 0 Å². The summed E-state index contributed by atoms with van der Waals surface area (Å²) in [7, 11) is 0. The number of nitrogens with zero attached hydrogens (tertiary/aromatic N) is 3. The fourth-order valence-electron chi connectivity index (χ4n) is 2.99. The maximum atomic E-state index is 12.8. The Morgan fingerprint density at radius 2 is 2.17 bits per heavy atom. The van der Waals surface area contributed by atoms with Gasteiger partial charge >= 0.3 is 0 Å². The molecule has 3 rings (SSSR count). The van der Waals surface area contributed by atoms with Crippen molar-refractivity contribution in [3.63, 3.8) is 0 Å². The van der Waals surface area contributed by atoms with Crippen LogP contribution in [-0.2, 0) is 14.3 Å². The lowest BCUT2D eigenvalue weighted by Gasteiger charge is -2.23. The number of thiazole rings is 1. The molecule has 1 aliphatic rings. The zero-order chi connectivity index (χ0) is 21.5. The third-order valence-electron chi connectivity index (χ3n) is 4.48. The highest BCUT2D eigenvalue weighted by Crippen LogP contribution is 2.17. The Balaban J connectivity index is 1.65. The summed E-state index contributed by atoms with van der Waals surface area (Å²) in [4.78, 5) is 41.1. The van der Waals surface area contributed by atoms with Crippen LogP contribution in [0.3, 0.4) is 0 Å². The van der Waals surface area contributed by atoms with E-state index in [1.807, 2.05) is 12.3 Å². The lowest BCUT2D eigenvalue weighted by atomic mass is 10.2. The Hall–Kier alpha value is -3.11. The number of aromatic nitrogens is 1. The number of rotatable bonds is 8. The second-order valence-electron chi connectivity index (χ2n) is 6.88. The molecular formula is C20H22N4O5S. The van der Waals surface area contributed by atoms with Crippen LogP contribution >= 0.6 is 11.3 Å². The molecule has 0 bridgehead atoms. The number of non-ortho nitro benzene ring substituents is 1. The van der Waals surface area contributed by atoms with E-state index < -0.39 is 4.92 Å². The maximum absolute atomic E-state index is 12.8. The predicted molar refractivity (Wildman–Crippen MR) is 113 cm³/mol. The molecule has 158 valence electrons. The van der Waals surface area contributed by atoms with E-state index in [1.54, 1.807) is 18.2 Å². The lowest BCUT2D eigenvalue weighted by molar-refractivity contribution is -0.384. The molecule has 1 aromatic heterocycles. The third-order valence-corrected chi connectivity index (χ3v) is 5.36. The van der Waals surface area contributed by atoms with Gasteiger partial charge in [0.2, 0.25) is 11.8 Å². The van der Waals surface area contributed by atoms with Gasteiger partial charge in [-0.15, -0.1) is 11.3 Å². The smallest absolute Gasteiger partial charge is 0.269 e. The van der Waals surface area contributed by atoms with Crippen LogP contribution in [0.2, 0.25) is 0 Å². The second kappa shape index (κ2) is 10.1.